The van der Waals surface area contributed by atoms with Gasteiger partial charge in [-0.3, -0.25) is 4.79 Å². The second kappa shape index (κ2) is 5.15. The van der Waals surface area contributed by atoms with Gasteiger partial charge in [0.25, 0.3) is 0 Å². The standard InChI is InChI=1S/C11H21NO2/c1-8(2)6-7-9(12)10(13)14-11(3,4)5/h9H,1,6-7,12H2,2-5H3/t9-/m0/s1. The predicted molar refractivity (Wildman–Crippen MR) is 57.9 cm³/mol. The van der Waals surface area contributed by atoms with Gasteiger partial charge in [0.15, 0.2) is 0 Å². The van der Waals surface area contributed by atoms with Crippen molar-refractivity contribution in [2.45, 2.75) is 52.2 Å². The topological polar surface area (TPSA) is 52.3 Å². The first-order valence-corrected chi connectivity index (χ1v) is 4.85. The van der Waals surface area contributed by atoms with E-state index in [-0.39, 0.29) is 5.97 Å². The Morgan fingerprint density at radius 1 is 1.50 bits per heavy atom. The minimum absolute atomic E-state index is 0.334. The monoisotopic (exact) mass is 199 g/mol. The largest absolute Gasteiger partial charge is 0.459 e. The summed E-state index contributed by atoms with van der Waals surface area (Å²) in [5, 5.41) is 0. The van der Waals surface area contributed by atoms with Crippen LogP contribution >= 0.6 is 0 Å². The smallest absolute Gasteiger partial charge is 0.323 e. The summed E-state index contributed by atoms with van der Waals surface area (Å²) in [6.07, 6.45) is 1.37. The molecule has 2 N–H and O–H groups in total. The van der Waals surface area contributed by atoms with Crippen LogP contribution in [-0.4, -0.2) is 17.6 Å². The van der Waals surface area contributed by atoms with Gasteiger partial charge in [-0.1, -0.05) is 5.57 Å². The first-order valence-electron chi connectivity index (χ1n) is 4.85. The van der Waals surface area contributed by atoms with E-state index in [0.717, 1.165) is 12.0 Å². The second-order valence-corrected chi connectivity index (χ2v) is 4.64. The Morgan fingerprint density at radius 3 is 2.36 bits per heavy atom. The molecule has 3 heteroatoms. The molecule has 0 aliphatic rings. The molecule has 0 unspecified atom stereocenters. The lowest BCUT2D eigenvalue weighted by Gasteiger charge is -2.22. The van der Waals surface area contributed by atoms with Crippen molar-refractivity contribution in [3.05, 3.63) is 12.2 Å². The van der Waals surface area contributed by atoms with Crippen LogP contribution in [0.15, 0.2) is 12.2 Å². The van der Waals surface area contributed by atoms with Gasteiger partial charge in [-0.25, -0.2) is 0 Å². The molecule has 0 saturated carbocycles. The molecule has 0 spiro atoms. The quantitative estimate of drug-likeness (QED) is 0.556. The van der Waals surface area contributed by atoms with E-state index in [4.69, 9.17) is 10.5 Å². The third-order valence-electron chi connectivity index (χ3n) is 1.59. The van der Waals surface area contributed by atoms with Gasteiger partial charge in [0.2, 0.25) is 0 Å². The Balaban J connectivity index is 3.94. The fraction of sp³-hybridized carbons (Fsp3) is 0.727. The van der Waals surface area contributed by atoms with Crippen LogP contribution in [-0.2, 0) is 9.53 Å². The van der Waals surface area contributed by atoms with E-state index in [2.05, 4.69) is 6.58 Å². The van der Waals surface area contributed by atoms with Gasteiger partial charge in [0.1, 0.15) is 11.6 Å². The van der Waals surface area contributed by atoms with Crippen LogP contribution < -0.4 is 5.73 Å². The molecule has 14 heavy (non-hydrogen) atoms. The molecule has 0 saturated heterocycles. The van der Waals surface area contributed by atoms with Crippen molar-refractivity contribution in [2.24, 2.45) is 5.73 Å². The average molecular weight is 199 g/mol. The minimum atomic E-state index is -0.536. The summed E-state index contributed by atoms with van der Waals surface area (Å²) in [5.41, 5.74) is 6.23. The highest BCUT2D eigenvalue weighted by Crippen LogP contribution is 2.10. The van der Waals surface area contributed by atoms with Gasteiger partial charge in [-0.2, -0.15) is 0 Å². The molecule has 0 heterocycles. The maximum Gasteiger partial charge on any atom is 0.323 e. The minimum Gasteiger partial charge on any atom is -0.459 e. The number of allylic oxidation sites excluding steroid dienone is 1. The highest BCUT2D eigenvalue weighted by Gasteiger charge is 2.21. The zero-order valence-electron chi connectivity index (χ0n) is 9.59. The molecule has 0 aromatic carbocycles. The summed E-state index contributed by atoms with van der Waals surface area (Å²) >= 11 is 0. The van der Waals surface area contributed by atoms with Crippen molar-refractivity contribution >= 4 is 5.97 Å². The number of hydrogen-bond acceptors (Lipinski definition) is 3. The summed E-state index contributed by atoms with van der Waals surface area (Å²) < 4.78 is 5.14. The van der Waals surface area contributed by atoms with Gasteiger partial charge in [-0.05, 0) is 40.5 Å². The number of rotatable bonds is 4. The molecule has 0 bridgehead atoms. The molecule has 1 atom stereocenters. The van der Waals surface area contributed by atoms with Crippen LogP contribution in [0.1, 0.15) is 40.5 Å². The number of esters is 1. The first-order chi connectivity index (χ1) is 6.22. The van der Waals surface area contributed by atoms with Gasteiger partial charge < -0.3 is 10.5 Å². The first kappa shape index (κ1) is 13.2. The summed E-state index contributed by atoms with van der Waals surface area (Å²) in [4.78, 5) is 11.4. The Kier molecular flexibility index (Phi) is 4.85. The summed E-state index contributed by atoms with van der Waals surface area (Å²) in [5.74, 6) is -0.334. The maximum absolute atomic E-state index is 11.4. The van der Waals surface area contributed by atoms with E-state index in [0.29, 0.717) is 6.42 Å². The average Bonchev–Trinajstić information content (AvgIpc) is 1.96. The van der Waals surface area contributed by atoms with Crippen LogP contribution in [0.5, 0.6) is 0 Å². The molecule has 0 aromatic rings. The van der Waals surface area contributed by atoms with Crippen molar-refractivity contribution in [3.8, 4) is 0 Å². The molecule has 0 amide bonds. The van der Waals surface area contributed by atoms with Gasteiger partial charge in [0, 0.05) is 0 Å². The van der Waals surface area contributed by atoms with Crippen molar-refractivity contribution < 1.29 is 9.53 Å². The summed E-state index contributed by atoms with van der Waals surface area (Å²) in [6.45, 7) is 11.2. The molecule has 0 rings (SSSR count). The lowest BCUT2D eigenvalue weighted by Crippen LogP contribution is -2.37. The van der Waals surface area contributed by atoms with Crippen LogP contribution in [0, 0.1) is 0 Å². The van der Waals surface area contributed by atoms with E-state index in [1.54, 1.807) is 0 Å². The Labute approximate surface area is 86.3 Å². The van der Waals surface area contributed by atoms with Crippen molar-refractivity contribution in [1.29, 1.82) is 0 Å². The molecule has 0 radical (unpaired) electrons. The number of carbonyl (C=O) groups excluding carboxylic acids is 1. The third-order valence-corrected chi connectivity index (χ3v) is 1.59. The molecule has 82 valence electrons. The maximum atomic E-state index is 11.4. The fourth-order valence-electron chi connectivity index (χ4n) is 0.897. The molecule has 0 aromatic heterocycles. The molecular weight excluding hydrogens is 178 g/mol. The molecule has 0 fully saturated rings. The number of carbonyl (C=O) groups is 1. The van der Waals surface area contributed by atoms with E-state index >= 15 is 0 Å². The highest BCUT2D eigenvalue weighted by atomic mass is 16.6. The molecule has 0 aliphatic carbocycles. The second-order valence-electron chi connectivity index (χ2n) is 4.64. The highest BCUT2D eigenvalue weighted by molar-refractivity contribution is 5.75. The normalized spacial score (nSPS) is 13.5. The Hall–Kier alpha value is -0.830. The predicted octanol–water partition coefficient (Wildman–Crippen LogP) is 2.01. The molecular formula is C11H21NO2. The van der Waals surface area contributed by atoms with Crippen molar-refractivity contribution in [2.75, 3.05) is 0 Å². The number of ether oxygens (including phenoxy) is 1. The van der Waals surface area contributed by atoms with Crippen LogP contribution in [0.4, 0.5) is 0 Å². The summed E-state index contributed by atoms with van der Waals surface area (Å²) in [7, 11) is 0. The Morgan fingerprint density at radius 2 is 2.00 bits per heavy atom. The lowest BCUT2D eigenvalue weighted by molar-refractivity contribution is -0.156. The number of nitrogens with two attached hydrogens (primary N) is 1. The van der Waals surface area contributed by atoms with E-state index in [1.165, 1.54) is 0 Å². The van der Waals surface area contributed by atoms with E-state index < -0.39 is 11.6 Å². The number of hydrogen-bond donors (Lipinski definition) is 1. The van der Waals surface area contributed by atoms with E-state index in [1.807, 2.05) is 27.7 Å². The van der Waals surface area contributed by atoms with Gasteiger partial charge in [-0.15, -0.1) is 6.58 Å². The van der Waals surface area contributed by atoms with Crippen molar-refractivity contribution in [1.82, 2.24) is 0 Å². The van der Waals surface area contributed by atoms with Gasteiger partial charge in [0.05, 0.1) is 0 Å². The fourth-order valence-corrected chi connectivity index (χ4v) is 0.897. The van der Waals surface area contributed by atoms with Gasteiger partial charge >= 0.3 is 5.97 Å². The van der Waals surface area contributed by atoms with E-state index in [9.17, 15) is 4.79 Å². The van der Waals surface area contributed by atoms with Crippen LogP contribution in [0.3, 0.4) is 0 Å². The summed E-state index contributed by atoms with van der Waals surface area (Å²) in [6, 6.07) is -0.536. The van der Waals surface area contributed by atoms with Crippen molar-refractivity contribution in [3.63, 3.8) is 0 Å². The lowest BCUT2D eigenvalue weighted by atomic mass is 10.1. The SMILES string of the molecule is C=C(C)CC[C@H](N)C(=O)OC(C)(C)C. The zero-order chi connectivity index (χ0) is 11.4. The molecule has 0 aliphatic heterocycles. The zero-order valence-corrected chi connectivity index (χ0v) is 9.59. The van der Waals surface area contributed by atoms with Crippen LogP contribution in [0.25, 0.3) is 0 Å². The van der Waals surface area contributed by atoms with Crippen LogP contribution in [0.2, 0.25) is 0 Å². The third kappa shape index (κ3) is 6.66. The molecule has 3 nitrogen and oxygen atoms in total. The Bertz CT molecular complexity index is 216.